The van der Waals surface area contributed by atoms with Crippen molar-refractivity contribution >= 4 is 34.7 Å². The number of methoxy groups -OCH3 is 1. The normalized spacial score (nSPS) is 10.2. The standard InChI is InChI=1S/C14H15NO2S2/c1-17-12-6-4-11(5-7-12)15-14(16)10-18-9-13-3-2-8-19-13/h2-8H,9-10H2,1H3,(H,15,16). The molecule has 0 atom stereocenters. The minimum atomic E-state index is 0.0201. The maximum Gasteiger partial charge on any atom is 0.234 e. The second-order valence-corrected chi connectivity index (χ2v) is 5.87. The molecular weight excluding hydrogens is 278 g/mol. The first kappa shape index (κ1) is 14.0. The van der Waals surface area contributed by atoms with Gasteiger partial charge in [0.15, 0.2) is 0 Å². The fraction of sp³-hybridized carbons (Fsp3) is 0.214. The number of thioether (sulfide) groups is 1. The molecule has 0 spiro atoms. The third-order valence-corrected chi connectivity index (χ3v) is 4.47. The Kier molecular flexibility index (Phi) is 5.30. The van der Waals surface area contributed by atoms with Gasteiger partial charge in [-0.1, -0.05) is 6.07 Å². The van der Waals surface area contributed by atoms with E-state index in [0.717, 1.165) is 17.2 Å². The smallest absolute Gasteiger partial charge is 0.234 e. The van der Waals surface area contributed by atoms with E-state index in [0.29, 0.717) is 5.75 Å². The largest absolute Gasteiger partial charge is 0.497 e. The third-order valence-electron chi connectivity index (χ3n) is 2.43. The van der Waals surface area contributed by atoms with Gasteiger partial charge in [-0.3, -0.25) is 4.79 Å². The van der Waals surface area contributed by atoms with E-state index in [4.69, 9.17) is 4.74 Å². The molecule has 0 saturated carbocycles. The van der Waals surface area contributed by atoms with Gasteiger partial charge in [0, 0.05) is 16.3 Å². The average molecular weight is 293 g/mol. The zero-order chi connectivity index (χ0) is 13.5. The number of thiophene rings is 1. The summed E-state index contributed by atoms with van der Waals surface area (Å²) in [6.07, 6.45) is 0. The number of hydrogen-bond donors (Lipinski definition) is 1. The highest BCUT2D eigenvalue weighted by Gasteiger charge is 2.03. The second kappa shape index (κ2) is 7.21. The Morgan fingerprint density at radius 2 is 2.11 bits per heavy atom. The van der Waals surface area contributed by atoms with Gasteiger partial charge >= 0.3 is 0 Å². The second-order valence-electron chi connectivity index (χ2n) is 3.85. The lowest BCUT2D eigenvalue weighted by Crippen LogP contribution is -2.13. The summed E-state index contributed by atoms with van der Waals surface area (Å²) in [5.41, 5.74) is 0.794. The summed E-state index contributed by atoms with van der Waals surface area (Å²) in [7, 11) is 1.62. The molecule has 1 N–H and O–H groups in total. The molecule has 0 bridgehead atoms. The van der Waals surface area contributed by atoms with Crippen molar-refractivity contribution in [1.29, 1.82) is 0 Å². The molecule has 1 amide bonds. The van der Waals surface area contributed by atoms with Crippen molar-refractivity contribution in [3.8, 4) is 5.75 Å². The Labute approximate surface area is 121 Å². The highest BCUT2D eigenvalue weighted by atomic mass is 32.2. The van der Waals surface area contributed by atoms with E-state index >= 15 is 0 Å². The number of benzene rings is 1. The van der Waals surface area contributed by atoms with Crippen LogP contribution in [0.5, 0.6) is 5.75 Å². The fourth-order valence-electron chi connectivity index (χ4n) is 1.51. The van der Waals surface area contributed by atoms with Gasteiger partial charge in [0.05, 0.1) is 12.9 Å². The molecule has 3 nitrogen and oxygen atoms in total. The van der Waals surface area contributed by atoms with Gasteiger partial charge in [0.2, 0.25) is 5.91 Å². The summed E-state index contributed by atoms with van der Waals surface area (Å²) >= 11 is 3.34. The molecule has 1 aromatic heterocycles. The number of amides is 1. The number of carbonyl (C=O) groups is 1. The molecule has 0 unspecified atom stereocenters. The van der Waals surface area contributed by atoms with Gasteiger partial charge in [-0.25, -0.2) is 0 Å². The summed E-state index contributed by atoms with van der Waals surface area (Å²) < 4.78 is 5.06. The molecule has 2 rings (SSSR count). The van der Waals surface area contributed by atoms with Gasteiger partial charge in [0.25, 0.3) is 0 Å². The van der Waals surface area contributed by atoms with Crippen LogP contribution in [0.2, 0.25) is 0 Å². The van der Waals surface area contributed by atoms with Gasteiger partial charge < -0.3 is 10.1 Å². The van der Waals surface area contributed by atoms with E-state index in [1.165, 1.54) is 4.88 Å². The van der Waals surface area contributed by atoms with Crippen LogP contribution in [-0.2, 0) is 10.5 Å². The topological polar surface area (TPSA) is 38.3 Å². The predicted molar refractivity (Wildman–Crippen MR) is 82.1 cm³/mol. The summed E-state index contributed by atoms with van der Waals surface area (Å²) in [4.78, 5) is 13.0. The lowest BCUT2D eigenvalue weighted by atomic mass is 10.3. The van der Waals surface area contributed by atoms with Crippen LogP contribution in [-0.4, -0.2) is 18.8 Å². The molecule has 19 heavy (non-hydrogen) atoms. The number of nitrogens with one attached hydrogen (secondary N) is 1. The highest BCUT2D eigenvalue weighted by molar-refractivity contribution is 7.99. The molecular formula is C14H15NO2S2. The maximum absolute atomic E-state index is 11.7. The molecule has 0 aliphatic rings. The lowest BCUT2D eigenvalue weighted by molar-refractivity contribution is -0.113. The van der Waals surface area contributed by atoms with Crippen LogP contribution in [0.3, 0.4) is 0 Å². The monoisotopic (exact) mass is 293 g/mol. The fourth-order valence-corrected chi connectivity index (χ4v) is 3.18. The van der Waals surface area contributed by atoms with Crippen LogP contribution in [0, 0.1) is 0 Å². The van der Waals surface area contributed by atoms with Crippen LogP contribution in [0.25, 0.3) is 0 Å². The van der Waals surface area contributed by atoms with Crippen molar-refractivity contribution < 1.29 is 9.53 Å². The Bertz CT molecular complexity index is 509. The van der Waals surface area contributed by atoms with Crippen molar-refractivity contribution in [2.75, 3.05) is 18.2 Å². The van der Waals surface area contributed by atoms with E-state index < -0.39 is 0 Å². The minimum Gasteiger partial charge on any atom is -0.497 e. The number of rotatable bonds is 6. The molecule has 0 saturated heterocycles. The van der Waals surface area contributed by atoms with E-state index in [1.54, 1.807) is 30.2 Å². The number of hydrogen-bond acceptors (Lipinski definition) is 4. The van der Waals surface area contributed by atoms with Crippen LogP contribution < -0.4 is 10.1 Å². The Morgan fingerprint density at radius 1 is 1.32 bits per heavy atom. The predicted octanol–water partition coefficient (Wildman–Crippen LogP) is 3.63. The number of anilines is 1. The van der Waals surface area contributed by atoms with E-state index in [2.05, 4.69) is 11.4 Å². The summed E-state index contributed by atoms with van der Waals surface area (Å²) in [6.45, 7) is 0. The van der Waals surface area contributed by atoms with Crippen LogP contribution in [0.1, 0.15) is 4.88 Å². The van der Waals surface area contributed by atoms with Gasteiger partial charge in [-0.15, -0.1) is 23.1 Å². The lowest BCUT2D eigenvalue weighted by Gasteiger charge is -2.05. The maximum atomic E-state index is 11.7. The van der Waals surface area contributed by atoms with Crippen molar-refractivity contribution in [3.05, 3.63) is 46.7 Å². The quantitative estimate of drug-likeness (QED) is 0.884. The Balaban J connectivity index is 1.74. The Hall–Kier alpha value is -1.46. The molecule has 1 aromatic carbocycles. The SMILES string of the molecule is COc1ccc(NC(=O)CSCc2cccs2)cc1. The first-order chi connectivity index (χ1) is 9.28. The molecule has 1 heterocycles. The van der Waals surface area contributed by atoms with Crippen LogP contribution in [0.15, 0.2) is 41.8 Å². The van der Waals surface area contributed by atoms with E-state index in [-0.39, 0.29) is 5.91 Å². The van der Waals surface area contributed by atoms with Crippen molar-refractivity contribution in [1.82, 2.24) is 0 Å². The highest BCUT2D eigenvalue weighted by Crippen LogP contribution is 2.18. The summed E-state index contributed by atoms with van der Waals surface area (Å²) in [5.74, 6) is 2.15. The summed E-state index contributed by atoms with van der Waals surface area (Å²) in [6, 6.07) is 11.4. The van der Waals surface area contributed by atoms with E-state index in [1.807, 2.05) is 35.7 Å². The zero-order valence-electron chi connectivity index (χ0n) is 10.6. The Morgan fingerprint density at radius 3 is 2.74 bits per heavy atom. The van der Waals surface area contributed by atoms with Crippen LogP contribution >= 0.6 is 23.1 Å². The van der Waals surface area contributed by atoms with Crippen LogP contribution in [0.4, 0.5) is 5.69 Å². The number of carbonyl (C=O) groups excluding carboxylic acids is 1. The van der Waals surface area contributed by atoms with Gasteiger partial charge in [-0.2, -0.15) is 0 Å². The molecule has 100 valence electrons. The first-order valence-electron chi connectivity index (χ1n) is 5.82. The van der Waals surface area contributed by atoms with Gasteiger partial charge in [-0.05, 0) is 35.7 Å². The molecule has 0 radical (unpaired) electrons. The molecule has 0 aliphatic carbocycles. The molecule has 5 heteroatoms. The van der Waals surface area contributed by atoms with Crippen molar-refractivity contribution in [2.45, 2.75) is 5.75 Å². The van der Waals surface area contributed by atoms with Gasteiger partial charge in [0.1, 0.15) is 5.75 Å². The molecule has 0 aliphatic heterocycles. The van der Waals surface area contributed by atoms with Crippen molar-refractivity contribution in [2.24, 2.45) is 0 Å². The van der Waals surface area contributed by atoms with E-state index in [9.17, 15) is 4.79 Å². The average Bonchev–Trinajstić information content (AvgIpc) is 2.93. The third kappa shape index (κ3) is 4.61. The minimum absolute atomic E-state index is 0.0201. The zero-order valence-corrected chi connectivity index (χ0v) is 12.2. The first-order valence-corrected chi connectivity index (χ1v) is 7.85. The number of ether oxygens (including phenoxy) is 1. The molecule has 2 aromatic rings. The summed E-state index contributed by atoms with van der Waals surface area (Å²) in [5, 5.41) is 4.91. The van der Waals surface area contributed by atoms with Crippen molar-refractivity contribution in [3.63, 3.8) is 0 Å². The molecule has 0 fully saturated rings.